The third-order valence-electron chi connectivity index (χ3n) is 2.82. The number of carbonyl (C=O) groups is 3. The molecule has 0 aliphatic carbocycles. The Morgan fingerprint density at radius 3 is 2.54 bits per heavy atom. The van der Waals surface area contributed by atoms with E-state index in [1.165, 1.54) is 13.3 Å². The normalized spacial score (nSPS) is 12.0. The summed E-state index contributed by atoms with van der Waals surface area (Å²) in [5, 5.41) is 5.09. The van der Waals surface area contributed by atoms with E-state index in [2.05, 4.69) is 20.4 Å². The van der Waals surface area contributed by atoms with Crippen molar-refractivity contribution in [3.8, 4) is 0 Å². The number of rotatable bonds is 6. The number of nitrogens with one attached hydrogen (secondary N) is 2. The smallest absolute Gasteiger partial charge is 0.407 e. The minimum Gasteiger partial charge on any atom is -0.467 e. The topological polar surface area (TPSA) is 107 Å². The maximum absolute atomic E-state index is 12.1. The molecule has 8 nitrogen and oxygen atoms in total. The largest absolute Gasteiger partial charge is 0.467 e. The molecule has 132 valence electrons. The second kappa shape index (κ2) is 8.85. The number of alkyl carbamates (subject to hydrolysis) is 1. The summed E-state index contributed by atoms with van der Waals surface area (Å²) in [7, 11) is 1.23. The van der Waals surface area contributed by atoms with Gasteiger partial charge in [-0.3, -0.25) is 9.78 Å². The minimum atomic E-state index is -0.891. The molecule has 2 N–H and O–H groups in total. The van der Waals surface area contributed by atoms with Crippen molar-refractivity contribution in [2.45, 2.75) is 38.8 Å². The van der Waals surface area contributed by atoms with Gasteiger partial charge in [-0.05, 0) is 39.3 Å². The maximum Gasteiger partial charge on any atom is 0.407 e. The Bertz CT molecular complexity index is 569. The Morgan fingerprint density at radius 1 is 1.29 bits per heavy atom. The van der Waals surface area contributed by atoms with Crippen LogP contribution in [-0.4, -0.2) is 48.3 Å². The SMILES string of the molecule is COC(=O)C(CCNC(=O)OC(C)(C)C)NC(=O)c1cccnc1. The van der Waals surface area contributed by atoms with Gasteiger partial charge in [0.25, 0.3) is 5.91 Å². The lowest BCUT2D eigenvalue weighted by atomic mass is 10.2. The number of hydrogen-bond donors (Lipinski definition) is 2. The molecule has 1 aromatic rings. The first-order chi connectivity index (χ1) is 11.2. The number of methoxy groups -OCH3 is 1. The van der Waals surface area contributed by atoms with Gasteiger partial charge in [0.2, 0.25) is 0 Å². The number of carbonyl (C=O) groups excluding carboxylic acids is 3. The van der Waals surface area contributed by atoms with E-state index in [9.17, 15) is 14.4 Å². The van der Waals surface area contributed by atoms with E-state index >= 15 is 0 Å². The summed E-state index contributed by atoms with van der Waals surface area (Å²) < 4.78 is 9.77. The van der Waals surface area contributed by atoms with Crippen molar-refractivity contribution in [3.63, 3.8) is 0 Å². The average molecular weight is 337 g/mol. The molecule has 0 fully saturated rings. The number of ether oxygens (including phenoxy) is 2. The zero-order valence-corrected chi connectivity index (χ0v) is 14.3. The summed E-state index contributed by atoms with van der Waals surface area (Å²) in [5.74, 6) is -1.05. The first-order valence-electron chi connectivity index (χ1n) is 7.48. The van der Waals surface area contributed by atoms with Gasteiger partial charge in [-0.1, -0.05) is 0 Å². The Labute approximate surface area is 140 Å². The van der Waals surface area contributed by atoms with E-state index in [0.29, 0.717) is 5.56 Å². The van der Waals surface area contributed by atoms with Gasteiger partial charge in [-0.2, -0.15) is 0 Å². The summed E-state index contributed by atoms with van der Waals surface area (Å²) in [6.45, 7) is 5.38. The van der Waals surface area contributed by atoms with Crippen molar-refractivity contribution in [2.75, 3.05) is 13.7 Å². The van der Waals surface area contributed by atoms with E-state index in [4.69, 9.17) is 4.74 Å². The second-order valence-electron chi connectivity index (χ2n) is 6.01. The molecule has 2 amide bonds. The number of nitrogens with zero attached hydrogens (tertiary/aromatic N) is 1. The van der Waals surface area contributed by atoms with Gasteiger partial charge >= 0.3 is 12.1 Å². The van der Waals surface area contributed by atoms with Crippen LogP contribution in [0.15, 0.2) is 24.5 Å². The van der Waals surface area contributed by atoms with Gasteiger partial charge in [0, 0.05) is 18.9 Å². The van der Waals surface area contributed by atoms with Crippen molar-refractivity contribution in [3.05, 3.63) is 30.1 Å². The summed E-state index contributed by atoms with van der Waals surface area (Å²) >= 11 is 0. The van der Waals surface area contributed by atoms with Crippen LogP contribution in [0.5, 0.6) is 0 Å². The lowest BCUT2D eigenvalue weighted by Gasteiger charge is -2.20. The first kappa shape index (κ1) is 19.4. The molecule has 0 radical (unpaired) electrons. The molecule has 0 aliphatic heterocycles. The fourth-order valence-electron chi connectivity index (χ4n) is 1.76. The Hall–Kier alpha value is -2.64. The molecule has 0 saturated carbocycles. The van der Waals surface area contributed by atoms with Crippen LogP contribution in [0.25, 0.3) is 0 Å². The van der Waals surface area contributed by atoms with Gasteiger partial charge in [-0.15, -0.1) is 0 Å². The Kier molecular flexibility index (Phi) is 7.16. The number of aromatic nitrogens is 1. The van der Waals surface area contributed by atoms with E-state index < -0.39 is 29.6 Å². The number of esters is 1. The highest BCUT2D eigenvalue weighted by molar-refractivity contribution is 5.96. The van der Waals surface area contributed by atoms with Gasteiger partial charge in [0.05, 0.1) is 12.7 Å². The van der Waals surface area contributed by atoms with Gasteiger partial charge < -0.3 is 20.1 Å². The molecule has 0 aromatic carbocycles. The van der Waals surface area contributed by atoms with Crippen molar-refractivity contribution >= 4 is 18.0 Å². The number of pyridine rings is 1. The Morgan fingerprint density at radius 2 is 2.00 bits per heavy atom. The average Bonchev–Trinajstić information content (AvgIpc) is 2.52. The third-order valence-corrected chi connectivity index (χ3v) is 2.82. The molecule has 0 bridgehead atoms. The monoisotopic (exact) mass is 337 g/mol. The van der Waals surface area contributed by atoms with Crippen LogP contribution in [0, 0.1) is 0 Å². The molecule has 1 heterocycles. The van der Waals surface area contributed by atoms with Crippen molar-refractivity contribution in [1.29, 1.82) is 0 Å². The molecule has 1 aromatic heterocycles. The standard InChI is InChI=1S/C16H23N3O5/c1-16(2,3)24-15(22)18-9-7-12(14(21)23-4)19-13(20)11-6-5-8-17-10-11/h5-6,8,10,12H,7,9H2,1-4H3,(H,18,22)(H,19,20). The second-order valence-corrected chi connectivity index (χ2v) is 6.01. The van der Waals surface area contributed by atoms with E-state index in [0.717, 1.165) is 0 Å². The fourth-order valence-corrected chi connectivity index (χ4v) is 1.76. The van der Waals surface area contributed by atoms with Gasteiger partial charge in [0.15, 0.2) is 0 Å². The van der Waals surface area contributed by atoms with E-state index in [1.54, 1.807) is 39.1 Å². The predicted molar refractivity (Wildman–Crippen MR) is 86.4 cm³/mol. The predicted octanol–water partition coefficient (Wildman–Crippen LogP) is 1.27. The third kappa shape index (κ3) is 7.08. The minimum absolute atomic E-state index is 0.141. The zero-order chi connectivity index (χ0) is 18.2. The highest BCUT2D eigenvalue weighted by Gasteiger charge is 2.23. The highest BCUT2D eigenvalue weighted by atomic mass is 16.6. The molecule has 24 heavy (non-hydrogen) atoms. The summed E-state index contributed by atoms with van der Waals surface area (Å²) in [6, 6.07) is 2.31. The molecule has 0 spiro atoms. The highest BCUT2D eigenvalue weighted by Crippen LogP contribution is 2.06. The zero-order valence-electron chi connectivity index (χ0n) is 14.3. The molecular formula is C16H23N3O5. The summed E-state index contributed by atoms with van der Waals surface area (Å²) in [4.78, 5) is 39.3. The van der Waals surface area contributed by atoms with Gasteiger partial charge in [-0.25, -0.2) is 9.59 Å². The molecule has 1 atom stereocenters. The Balaban J connectivity index is 2.56. The van der Waals surface area contributed by atoms with E-state index in [1.807, 2.05) is 0 Å². The maximum atomic E-state index is 12.1. The molecule has 0 aliphatic rings. The fraction of sp³-hybridized carbons (Fsp3) is 0.500. The lowest BCUT2D eigenvalue weighted by Crippen LogP contribution is -2.44. The number of amides is 2. The summed E-state index contributed by atoms with van der Waals surface area (Å²) in [6.07, 6.45) is 2.50. The van der Waals surface area contributed by atoms with Crippen molar-refractivity contribution < 1.29 is 23.9 Å². The first-order valence-corrected chi connectivity index (χ1v) is 7.48. The lowest BCUT2D eigenvalue weighted by molar-refractivity contribution is -0.143. The van der Waals surface area contributed by atoms with Crippen LogP contribution in [0.4, 0.5) is 4.79 Å². The van der Waals surface area contributed by atoms with Crippen LogP contribution >= 0.6 is 0 Å². The van der Waals surface area contributed by atoms with Crippen LogP contribution < -0.4 is 10.6 Å². The molecular weight excluding hydrogens is 314 g/mol. The molecule has 0 saturated heterocycles. The van der Waals surface area contributed by atoms with Crippen LogP contribution in [0.1, 0.15) is 37.6 Å². The molecule has 8 heteroatoms. The molecule has 1 rings (SSSR count). The van der Waals surface area contributed by atoms with Crippen LogP contribution in [-0.2, 0) is 14.3 Å². The van der Waals surface area contributed by atoms with E-state index in [-0.39, 0.29) is 13.0 Å². The quantitative estimate of drug-likeness (QED) is 0.757. The molecule has 1 unspecified atom stereocenters. The van der Waals surface area contributed by atoms with Gasteiger partial charge in [0.1, 0.15) is 11.6 Å². The van der Waals surface area contributed by atoms with Crippen molar-refractivity contribution in [1.82, 2.24) is 15.6 Å². The van der Waals surface area contributed by atoms with Crippen LogP contribution in [0.3, 0.4) is 0 Å². The van der Waals surface area contributed by atoms with Crippen molar-refractivity contribution in [2.24, 2.45) is 0 Å². The van der Waals surface area contributed by atoms with Crippen LogP contribution in [0.2, 0.25) is 0 Å². The number of hydrogen-bond acceptors (Lipinski definition) is 6. The summed E-state index contributed by atoms with van der Waals surface area (Å²) in [5.41, 5.74) is -0.285.